The summed E-state index contributed by atoms with van der Waals surface area (Å²) in [6, 6.07) is 13.6. The molecule has 2 rings (SSSR count). The minimum atomic E-state index is -1.11. The highest BCUT2D eigenvalue weighted by Gasteiger charge is 2.13. The molecule has 2 N–H and O–H groups in total. The second-order valence-electron chi connectivity index (χ2n) is 5.47. The predicted molar refractivity (Wildman–Crippen MR) is 90.7 cm³/mol. The van der Waals surface area contributed by atoms with Gasteiger partial charge in [0.15, 0.2) is 5.78 Å². The summed E-state index contributed by atoms with van der Waals surface area (Å²) in [7, 11) is 0. The Morgan fingerprint density at radius 2 is 1.25 bits per heavy atom. The second kappa shape index (κ2) is 8.62. The number of rotatable bonds is 4. The summed E-state index contributed by atoms with van der Waals surface area (Å²) in [4.78, 5) is 32.6. The van der Waals surface area contributed by atoms with Crippen molar-refractivity contribution in [3.63, 3.8) is 0 Å². The van der Waals surface area contributed by atoms with E-state index in [4.69, 9.17) is 10.2 Å². The Balaban J connectivity index is 0.000000243. The maximum absolute atomic E-state index is 11.3. The minimum Gasteiger partial charge on any atom is -0.478 e. The molecular formula is C19H20O5. The van der Waals surface area contributed by atoms with Gasteiger partial charge in [0.25, 0.3) is 0 Å². The summed E-state index contributed by atoms with van der Waals surface area (Å²) >= 11 is 0. The highest BCUT2D eigenvalue weighted by molar-refractivity contribution is 5.97. The number of benzene rings is 2. The fourth-order valence-electron chi connectivity index (χ4n) is 2.03. The monoisotopic (exact) mass is 328 g/mol. The number of hydrogen-bond acceptors (Lipinski definition) is 3. The van der Waals surface area contributed by atoms with Crippen molar-refractivity contribution in [2.24, 2.45) is 5.92 Å². The summed E-state index contributed by atoms with van der Waals surface area (Å²) in [5, 5.41) is 17.4. The van der Waals surface area contributed by atoms with Crippen LogP contribution in [0, 0.1) is 12.8 Å². The molecule has 2 aromatic carbocycles. The Bertz CT molecular complexity index is 700. The Labute approximate surface area is 140 Å². The highest BCUT2D eigenvalue weighted by atomic mass is 16.4. The van der Waals surface area contributed by atoms with Crippen molar-refractivity contribution in [2.75, 3.05) is 0 Å². The SMILES string of the molecule is CC(C)C(=O)c1ccccc1.Cc1c(C(=O)O)cccc1C(=O)O. The zero-order chi connectivity index (χ0) is 18.3. The number of aromatic carboxylic acids is 2. The zero-order valence-corrected chi connectivity index (χ0v) is 13.8. The molecule has 5 nitrogen and oxygen atoms in total. The first-order valence-electron chi connectivity index (χ1n) is 7.41. The second-order valence-corrected chi connectivity index (χ2v) is 5.47. The first-order chi connectivity index (χ1) is 11.3. The summed E-state index contributed by atoms with van der Waals surface area (Å²) in [6.45, 7) is 5.30. The molecule has 0 aliphatic carbocycles. The van der Waals surface area contributed by atoms with Crippen molar-refractivity contribution >= 4 is 17.7 Å². The Morgan fingerprint density at radius 1 is 0.792 bits per heavy atom. The molecule has 0 saturated carbocycles. The van der Waals surface area contributed by atoms with Gasteiger partial charge in [-0.1, -0.05) is 50.2 Å². The van der Waals surface area contributed by atoms with E-state index in [1.54, 1.807) is 0 Å². The van der Waals surface area contributed by atoms with Gasteiger partial charge in [-0.25, -0.2) is 9.59 Å². The smallest absolute Gasteiger partial charge is 0.335 e. The molecule has 24 heavy (non-hydrogen) atoms. The van der Waals surface area contributed by atoms with Gasteiger partial charge in [-0.3, -0.25) is 4.79 Å². The molecule has 0 atom stereocenters. The molecule has 0 aliphatic heterocycles. The van der Waals surface area contributed by atoms with Crippen LogP contribution in [0.5, 0.6) is 0 Å². The topological polar surface area (TPSA) is 91.7 Å². The van der Waals surface area contributed by atoms with Crippen LogP contribution in [0.25, 0.3) is 0 Å². The normalized spacial score (nSPS) is 9.83. The Kier molecular flexibility index (Phi) is 6.86. The van der Waals surface area contributed by atoms with Crippen LogP contribution in [0.1, 0.15) is 50.5 Å². The van der Waals surface area contributed by atoms with E-state index in [1.807, 2.05) is 44.2 Å². The van der Waals surface area contributed by atoms with E-state index in [-0.39, 0.29) is 28.4 Å². The van der Waals surface area contributed by atoms with Gasteiger partial charge in [0, 0.05) is 11.5 Å². The lowest BCUT2D eigenvalue weighted by Crippen LogP contribution is -2.06. The number of carbonyl (C=O) groups is 3. The van der Waals surface area contributed by atoms with Crippen molar-refractivity contribution in [1.29, 1.82) is 0 Å². The predicted octanol–water partition coefficient (Wildman–Crippen LogP) is 3.92. The van der Waals surface area contributed by atoms with Gasteiger partial charge in [-0.05, 0) is 24.6 Å². The average molecular weight is 328 g/mol. The Hall–Kier alpha value is -2.95. The van der Waals surface area contributed by atoms with Crippen molar-refractivity contribution < 1.29 is 24.6 Å². The van der Waals surface area contributed by atoms with Crippen LogP contribution in [0.3, 0.4) is 0 Å². The minimum absolute atomic E-state index is 0.0277. The zero-order valence-electron chi connectivity index (χ0n) is 13.8. The Morgan fingerprint density at radius 3 is 1.62 bits per heavy atom. The van der Waals surface area contributed by atoms with Gasteiger partial charge < -0.3 is 10.2 Å². The van der Waals surface area contributed by atoms with Crippen molar-refractivity contribution in [2.45, 2.75) is 20.8 Å². The molecule has 0 unspecified atom stereocenters. The molecule has 0 bridgehead atoms. The number of ketones is 1. The number of carboxylic acid groups (broad SMARTS) is 2. The molecule has 0 amide bonds. The van der Waals surface area contributed by atoms with Gasteiger partial charge >= 0.3 is 11.9 Å². The van der Waals surface area contributed by atoms with E-state index in [9.17, 15) is 14.4 Å². The van der Waals surface area contributed by atoms with Crippen LogP contribution in [0.4, 0.5) is 0 Å². The molecule has 0 fully saturated rings. The standard InChI is InChI=1S/C10H12O.C9H8O4/c1-8(2)10(11)9-6-4-3-5-7-9;1-5-6(8(10)11)3-2-4-7(5)9(12)13/h3-8H,1-2H3;2-4H,1H3,(H,10,11)(H,12,13). The molecule has 0 radical (unpaired) electrons. The molecule has 0 heterocycles. The largest absolute Gasteiger partial charge is 0.478 e. The molecule has 0 spiro atoms. The van der Waals surface area contributed by atoms with Crippen LogP contribution in [-0.2, 0) is 0 Å². The van der Waals surface area contributed by atoms with Crippen molar-refractivity contribution in [3.8, 4) is 0 Å². The van der Waals surface area contributed by atoms with Crippen molar-refractivity contribution in [3.05, 3.63) is 70.8 Å². The first-order valence-corrected chi connectivity index (χ1v) is 7.41. The lowest BCUT2D eigenvalue weighted by Gasteiger charge is -2.03. The lowest BCUT2D eigenvalue weighted by molar-refractivity contribution is 0.0695. The first kappa shape index (κ1) is 19.1. The van der Waals surface area contributed by atoms with Gasteiger partial charge in [0.2, 0.25) is 0 Å². The van der Waals surface area contributed by atoms with E-state index in [1.165, 1.54) is 25.1 Å². The van der Waals surface area contributed by atoms with E-state index in [0.29, 0.717) is 0 Å². The lowest BCUT2D eigenvalue weighted by atomic mass is 10.0. The maximum Gasteiger partial charge on any atom is 0.335 e. The van der Waals surface area contributed by atoms with Gasteiger partial charge in [0.1, 0.15) is 0 Å². The number of carbonyl (C=O) groups excluding carboxylic acids is 1. The third kappa shape index (κ3) is 5.05. The van der Waals surface area contributed by atoms with E-state index < -0.39 is 11.9 Å². The number of carboxylic acids is 2. The van der Waals surface area contributed by atoms with E-state index in [2.05, 4.69) is 0 Å². The van der Waals surface area contributed by atoms with Crippen molar-refractivity contribution in [1.82, 2.24) is 0 Å². The summed E-state index contributed by atoms with van der Waals surface area (Å²) in [5.41, 5.74) is 1.14. The van der Waals surface area contributed by atoms with Gasteiger partial charge in [-0.2, -0.15) is 0 Å². The van der Waals surface area contributed by atoms with Crippen LogP contribution < -0.4 is 0 Å². The molecule has 0 aromatic heterocycles. The third-order valence-electron chi connectivity index (χ3n) is 3.38. The molecule has 2 aromatic rings. The van der Waals surface area contributed by atoms with Crippen LogP contribution >= 0.6 is 0 Å². The maximum atomic E-state index is 11.3. The third-order valence-corrected chi connectivity index (χ3v) is 3.38. The average Bonchev–Trinajstić information content (AvgIpc) is 2.55. The molecule has 126 valence electrons. The number of Topliss-reactive ketones (excluding diaryl/α,β-unsaturated/α-hetero) is 1. The van der Waals surface area contributed by atoms with Crippen LogP contribution in [-0.4, -0.2) is 27.9 Å². The van der Waals surface area contributed by atoms with E-state index in [0.717, 1.165) is 5.56 Å². The van der Waals surface area contributed by atoms with E-state index >= 15 is 0 Å². The quantitative estimate of drug-likeness (QED) is 0.830. The van der Waals surface area contributed by atoms with Gasteiger partial charge in [-0.15, -0.1) is 0 Å². The van der Waals surface area contributed by atoms with Crippen LogP contribution in [0.15, 0.2) is 48.5 Å². The molecule has 5 heteroatoms. The van der Waals surface area contributed by atoms with Gasteiger partial charge in [0.05, 0.1) is 11.1 Å². The number of hydrogen-bond donors (Lipinski definition) is 2. The highest BCUT2D eigenvalue weighted by Crippen LogP contribution is 2.13. The summed E-state index contributed by atoms with van der Waals surface area (Å²) in [6.07, 6.45) is 0. The molecule has 0 saturated heterocycles. The fourth-order valence-corrected chi connectivity index (χ4v) is 2.03. The molecular weight excluding hydrogens is 308 g/mol. The van der Waals surface area contributed by atoms with Crippen LogP contribution in [0.2, 0.25) is 0 Å². The summed E-state index contributed by atoms with van der Waals surface area (Å²) < 4.78 is 0. The fraction of sp³-hybridized carbons (Fsp3) is 0.211. The molecule has 0 aliphatic rings. The summed E-state index contributed by atoms with van der Waals surface area (Å²) in [5.74, 6) is -1.91.